The molecule has 0 aromatic heterocycles. The lowest BCUT2D eigenvalue weighted by Gasteiger charge is -2.25. The average molecular weight is 466 g/mol. The number of benzene rings is 3. The maximum Gasteiger partial charge on any atom is 0.255 e. The second-order valence-electron chi connectivity index (χ2n) is 7.69. The van der Waals surface area contributed by atoms with E-state index in [0.29, 0.717) is 32.0 Å². The predicted octanol–water partition coefficient (Wildman–Crippen LogP) is 4.24. The summed E-state index contributed by atoms with van der Waals surface area (Å²) in [4.78, 5) is 27.2. The van der Waals surface area contributed by atoms with Crippen LogP contribution in [0.2, 0.25) is 5.02 Å². The number of halogens is 1. The summed E-state index contributed by atoms with van der Waals surface area (Å²) >= 11 is 6.12. The molecule has 0 spiro atoms. The van der Waals surface area contributed by atoms with Crippen LogP contribution in [0.15, 0.2) is 66.7 Å². The largest absolute Gasteiger partial charge is 0.504 e. The van der Waals surface area contributed by atoms with Crippen molar-refractivity contribution < 1.29 is 19.4 Å². The number of phenolic OH excluding ortho intramolecular Hbond substituents is 1. The zero-order chi connectivity index (χ0) is 23.2. The van der Waals surface area contributed by atoms with Gasteiger partial charge < -0.3 is 20.5 Å². The molecule has 0 aliphatic carbocycles. The molecular weight excluding hydrogens is 442 g/mol. The molecule has 33 heavy (non-hydrogen) atoms. The summed E-state index contributed by atoms with van der Waals surface area (Å²) < 4.78 is 5.28. The number of rotatable bonds is 6. The normalized spacial score (nSPS) is 14.0. The maximum absolute atomic E-state index is 12.8. The fourth-order valence-corrected chi connectivity index (χ4v) is 3.78. The molecule has 170 valence electrons. The zero-order valence-corrected chi connectivity index (χ0v) is 18.6. The second kappa shape index (κ2) is 10.5. The molecule has 7 nitrogen and oxygen atoms in total. The summed E-state index contributed by atoms with van der Waals surface area (Å²) in [5.74, 6) is -0.999. The van der Waals surface area contributed by atoms with Gasteiger partial charge in [0.1, 0.15) is 0 Å². The van der Waals surface area contributed by atoms with Crippen molar-refractivity contribution >= 4 is 34.8 Å². The number of aromatic hydroxyl groups is 1. The summed E-state index contributed by atoms with van der Waals surface area (Å²) in [6, 6.07) is 20.2. The number of ether oxygens (including phenoxy) is 1. The minimum absolute atomic E-state index is 0.0243. The Balaban J connectivity index is 1.44. The van der Waals surface area contributed by atoms with E-state index >= 15 is 0 Å². The van der Waals surface area contributed by atoms with Crippen molar-refractivity contribution in [3.63, 3.8) is 0 Å². The van der Waals surface area contributed by atoms with Crippen LogP contribution in [0.3, 0.4) is 0 Å². The van der Waals surface area contributed by atoms with Crippen molar-refractivity contribution in [1.29, 1.82) is 0 Å². The van der Waals surface area contributed by atoms with Gasteiger partial charge in [-0.3, -0.25) is 14.5 Å². The zero-order valence-electron chi connectivity index (χ0n) is 17.9. The van der Waals surface area contributed by atoms with E-state index in [9.17, 15) is 14.7 Å². The Morgan fingerprint density at radius 3 is 2.30 bits per heavy atom. The van der Waals surface area contributed by atoms with Gasteiger partial charge in [-0.2, -0.15) is 0 Å². The number of phenols is 1. The lowest BCUT2D eigenvalue weighted by molar-refractivity contribution is -0.118. The number of anilines is 2. The summed E-state index contributed by atoms with van der Waals surface area (Å²) in [5, 5.41) is 15.7. The van der Waals surface area contributed by atoms with Gasteiger partial charge in [0.2, 0.25) is 5.91 Å². The number of morpholine rings is 1. The van der Waals surface area contributed by atoms with E-state index in [1.807, 2.05) is 59.5 Å². The first-order valence-corrected chi connectivity index (χ1v) is 11.0. The predicted molar refractivity (Wildman–Crippen MR) is 129 cm³/mol. The Hall–Kier alpha value is -3.39. The summed E-state index contributed by atoms with van der Waals surface area (Å²) in [6.45, 7) is 2.63. The van der Waals surface area contributed by atoms with Crippen LogP contribution in [0.4, 0.5) is 11.4 Å². The number of amides is 2. The number of carbonyl (C=O) groups is 2. The molecule has 1 heterocycles. The van der Waals surface area contributed by atoms with Crippen LogP contribution in [0.5, 0.6) is 5.75 Å². The van der Waals surface area contributed by atoms with E-state index < -0.39 is 5.91 Å². The van der Waals surface area contributed by atoms with Crippen molar-refractivity contribution in [3.8, 4) is 16.9 Å². The molecule has 4 rings (SSSR count). The lowest BCUT2D eigenvalue weighted by Crippen LogP contribution is -2.41. The highest BCUT2D eigenvalue weighted by molar-refractivity contribution is 6.33. The molecule has 0 radical (unpaired) electrons. The van der Waals surface area contributed by atoms with E-state index in [1.54, 1.807) is 0 Å². The van der Waals surface area contributed by atoms with Crippen molar-refractivity contribution in [2.45, 2.75) is 0 Å². The molecule has 0 unspecified atom stereocenters. The molecule has 3 aromatic rings. The molecule has 0 atom stereocenters. The smallest absolute Gasteiger partial charge is 0.255 e. The highest BCUT2D eigenvalue weighted by atomic mass is 35.5. The van der Waals surface area contributed by atoms with Gasteiger partial charge >= 0.3 is 0 Å². The van der Waals surface area contributed by atoms with Gasteiger partial charge in [0.25, 0.3) is 5.91 Å². The summed E-state index contributed by atoms with van der Waals surface area (Å²) in [6.07, 6.45) is 0. The third kappa shape index (κ3) is 5.90. The second-order valence-corrected chi connectivity index (χ2v) is 8.10. The third-order valence-electron chi connectivity index (χ3n) is 5.32. The van der Waals surface area contributed by atoms with Crippen molar-refractivity contribution in [1.82, 2.24) is 4.90 Å². The number of hydrogen-bond acceptors (Lipinski definition) is 5. The first-order chi connectivity index (χ1) is 16.0. The van der Waals surface area contributed by atoms with E-state index in [-0.39, 0.29) is 34.5 Å². The van der Waals surface area contributed by atoms with Gasteiger partial charge in [-0.25, -0.2) is 0 Å². The van der Waals surface area contributed by atoms with E-state index in [1.165, 1.54) is 12.1 Å². The van der Waals surface area contributed by atoms with Gasteiger partial charge in [0.05, 0.1) is 30.5 Å². The molecule has 1 aliphatic heterocycles. The van der Waals surface area contributed by atoms with Crippen LogP contribution in [0.25, 0.3) is 11.1 Å². The van der Waals surface area contributed by atoms with Gasteiger partial charge in [-0.15, -0.1) is 0 Å². The van der Waals surface area contributed by atoms with Crippen LogP contribution in [0, 0.1) is 0 Å². The molecule has 0 bridgehead atoms. The Morgan fingerprint density at radius 1 is 0.939 bits per heavy atom. The molecule has 3 aromatic carbocycles. The Bertz CT molecular complexity index is 1130. The van der Waals surface area contributed by atoms with Gasteiger partial charge in [0, 0.05) is 24.3 Å². The Kier molecular flexibility index (Phi) is 7.24. The van der Waals surface area contributed by atoms with Crippen molar-refractivity contribution in [2.24, 2.45) is 0 Å². The first kappa shape index (κ1) is 22.8. The van der Waals surface area contributed by atoms with E-state index in [0.717, 1.165) is 11.1 Å². The first-order valence-electron chi connectivity index (χ1n) is 10.6. The fourth-order valence-electron chi connectivity index (χ4n) is 3.56. The fraction of sp³-hybridized carbons (Fsp3) is 0.200. The third-order valence-corrected chi connectivity index (χ3v) is 5.61. The number of carbonyl (C=O) groups excluding carboxylic acids is 2. The SMILES string of the molecule is O=C(CN1CCOCC1)Nc1cc(C(=O)Nc2ccc(-c3ccccc3)cc2)cc(Cl)c1O. The topological polar surface area (TPSA) is 90.9 Å². The number of nitrogens with zero attached hydrogens (tertiary/aromatic N) is 1. The lowest BCUT2D eigenvalue weighted by atomic mass is 10.1. The average Bonchev–Trinajstić information content (AvgIpc) is 2.83. The number of hydrogen-bond donors (Lipinski definition) is 3. The van der Waals surface area contributed by atoms with E-state index in [4.69, 9.17) is 16.3 Å². The monoisotopic (exact) mass is 465 g/mol. The molecule has 1 aliphatic rings. The number of nitrogens with one attached hydrogen (secondary N) is 2. The van der Waals surface area contributed by atoms with Crippen LogP contribution in [0.1, 0.15) is 10.4 Å². The minimum atomic E-state index is -0.409. The van der Waals surface area contributed by atoms with Gasteiger partial charge in [-0.05, 0) is 35.4 Å². The van der Waals surface area contributed by atoms with E-state index in [2.05, 4.69) is 10.6 Å². The van der Waals surface area contributed by atoms with Crippen LogP contribution in [-0.2, 0) is 9.53 Å². The highest BCUT2D eigenvalue weighted by Gasteiger charge is 2.18. The maximum atomic E-state index is 12.8. The standard InChI is InChI=1S/C25H24ClN3O4/c26-21-14-19(15-22(24(21)31)28-23(30)16-29-10-12-33-13-11-29)25(32)27-20-8-6-18(7-9-20)17-4-2-1-3-5-17/h1-9,14-15,31H,10-13,16H2,(H,27,32)(H,28,30). The molecule has 0 saturated carbocycles. The van der Waals surface area contributed by atoms with Crippen molar-refractivity contribution in [2.75, 3.05) is 43.5 Å². The Morgan fingerprint density at radius 2 is 1.61 bits per heavy atom. The highest BCUT2D eigenvalue weighted by Crippen LogP contribution is 2.33. The molecule has 1 fully saturated rings. The summed E-state index contributed by atoms with van der Waals surface area (Å²) in [5.41, 5.74) is 3.03. The van der Waals surface area contributed by atoms with Crippen LogP contribution < -0.4 is 10.6 Å². The van der Waals surface area contributed by atoms with Crippen LogP contribution >= 0.6 is 11.6 Å². The van der Waals surface area contributed by atoms with Crippen LogP contribution in [-0.4, -0.2) is 54.7 Å². The molecular formula is C25H24ClN3O4. The molecule has 2 amide bonds. The molecule has 1 saturated heterocycles. The van der Waals surface area contributed by atoms with Gasteiger partial charge in [0.15, 0.2) is 5.75 Å². The molecule has 3 N–H and O–H groups in total. The molecule has 8 heteroatoms. The van der Waals surface area contributed by atoms with Gasteiger partial charge in [-0.1, -0.05) is 54.1 Å². The van der Waals surface area contributed by atoms with Crippen molar-refractivity contribution in [3.05, 3.63) is 77.3 Å². The minimum Gasteiger partial charge on any atom is -0.504 e. The summed E-state index contributed by atoms with van der Waals surface area (Å²) in [7, 11) is 0. The Labute approximate surface area is 196 Å². The quantitative estimate of drug-likeness (QED) is 0.474.